The van der Waals surface area contributed by atoms with E-state index in [2.05, 4.69) is 5.32 Å². The van der Waals surface area contributed by atoms with E-state index < -0.39 is 0 Å². The van der Waals surface area contributed by atoms with Crippen molar-refractivity contribution >= 4 is 33.9 Å². The second kappa shape index (κ2) is 7.21. The van der Waals surface area contributed by atoms with Crippen molar-refractivity contribution in [1.29, 1.82) is 0 Å². The minimum absolute atomic E-state index is 0.0450. The van der Waals surface area contributed by atoms with Crippen LogP contribution >= 0.6 is 0 Å². The molecule has 1 aromatic carbocycles. The van der Waals surface area contributed by atoms with Gasteiger partial charge in [0, 0.05) is 13.2 Å². The Bertz CT molecular complexity index is 1180. The zero-order valence-electron chi connectivity index (χ0n) is 15.8. The van der Waals surface area contributed by atoms with E-state index in [4.69, 9.17) is 24.9 Å². The number of ether oxygens (including phenoxy) is 1. The summed E-state index contributed by atoms with van der Waals surface area (Å²) in [5.74, 6) is 0.761. The van der Waals surface area contributed by atoms with Crippen LogP contribution in [0.15, 0.2) is 47.1 Å². The monoisotopic (exact) mass is 391 g/mol. The Morgan fingerprint density at radius 3 is 2.76 bits per heavy atom. The number of aromatic nitrogens is 3. The van der Waals surface area contributed by atoms with Gasteiger partial charge in [-0.15, -0.1) is 0 Å². The van der Waals surface area contributed by atoms with Gasteiger partial charge in [-0.1, -0.05) is 12.1 Å². The Morgan fingerprint density at radius 1 is 1.21 bits per heavy atom. The minimum Gasteiger partial charge on any atom is -0.467 e. The van der Waals surface area contributed by atoms with Crippen LogP contribution in [0.2, 0.25) is 0 Å². The number of carbonyl (C=O) groups excluding carboxylic acids is 1. The lowest BCUT2D eigenvalue weighted by Crippen LogP contribution is -2.32. The van der Waals surface area contributed by atoms with Gasteiger partial charge < -0.3 is 24.8 Å². The van der Waals surface area contributed by atoms with Crippen LogP contribution in [0.5, 0.6) is 0 Å². The molecule has 0 radical (unpaired) electrons. The van der Waals surface area contributed by atoms with E-state index in [9.17, 15) is 4.79 Å². The summed E-state index contributed by atoms with van der Waals surface area (Å²) in [5.41, 5.74) is 9.26. The summed E-state index contributed by atoms with van der Waals surface area (Å²) in [5, 5.41) is 2.95. The van der Waals surface area contributed by atoms with Gasteiger partial charge >= 0.3 is 0 Å². The van der Waals surface area contributed by atoms with Crippen molar-refractivity contribution in [2.75, 3.05) is 18.9 Å². The van der Waals surface area contributed by atoms with Gasteiger partial charge in [0.2, 0.25) is 0 Å². The van der Waals surface area contributed by atoms with E-state index in [-0.39, 0.29) is 12.0 Å². The highest BCUT2D eigenvalue weighted by atomic mass is 16.5. The van der Waals surface area contributed by atoms with Gasteiger partial charge in [-0.2, -0.15) is 0 Å². The molecular weight excluding hydrogens is 370 g/mol. The lowest BCUT2D eigenvalue weighted by atomic mass is 10.2. The summed E-state index contributed by atoms with van der Waals surface area (Å²) in [4.78, 5) is 22.5. The van der Waals surface area contributed by atoms with Gasteiger partial charge in [-0.3, -0.25) is 4.79 Å². The molecule has 8 heteroatoms. The van der Waals surface area contributed by atoms with Gasteiger partial charge in [0.1, 0.15) is 22.7 Å². The van der Waals surface area contributed by atoms with Gasteiger partial charge in [0.15, 0.2) is 5.65 Å². The van der Waals surface area contributed by atoms with Gasteiger partial charge in [0.25, 0.3) is 5.91 Å². The van der Waals surface area contributed by atoms with Crippen LogP contribution in [0.25, 0.3) is 22.2 Å². The van der Waals surface area contributed by atoms with Crippen LogP contribution in [0.1, 0.15) is 29.0 Å². The fraction of sp³-hybridized carbons (Fsp3) is 0.286. The molecule has 4 heterocycles. The number of anilines is 1. The molecule has 0 unspecified atom stereocenters. The predicted octanol–water partition coefficient (Wildman–Crippen LogP) is 2.72. The molecule has 1 amide bonds. The summed E-state index contributed by atoms with van der Waals surface area (Å²) < 4.78 is 12.8. The standard InChI is InChI=1S/C21H21N5O3/c22-19-17(21(27)23-11-13-5-3-9-28-13)18-20(26(19)12-14-6-4-10-29-14)25-16-8-2-1-7-15(16)24-18/h1-2,4,6-8,10,13H,3,5,9,11-12,22H2,(H,23,27)/t13-/m1/s1. The molecule has 148 valence electrons. The quantitative estimate of drug-likeness (QED) is 0.542. The normalized spacial score (nSPS) is 16.6. The van der Waals surface area contributed by atoms with Crippen LogP contribution in [0, 0.1) is 0 Å². The average molecular weight is 391 g/mol. The molecule has 3 aromatic heterocycles. The number of fused-ring (bicyclic) bond motifs is 2. The fourth-order valence-electron chi connectivity index (χ4n) is 3.76. The second-order valence-corrected chi connectivity index (χ2v) is 7.16. The summed E-state index contributed by atoms with van der Waals surface area (Å²) in [6, 6.07) is 11.2. The number of carbonyl (C=O) groups is 1. The largest absolute Gasteiger partial charge is 0.467 e. The first-order valence-corrected chi connectivity index (χ1v) is 9.67. The number of nitrogens with one attached hydrogen (secondary N) is 1. The van der Waals surface area contributed by atoms with Gasteiger partial charge in [-0.25, -0.2) is 9.97 Å². The first-order valence-electron chi connectivity index (χ1n) is 9.67. The number of amides is 1. The zero-order chi connectivity index (χ0) is 19.8. The third kappa shape index (κ3) is 3.21. The smallest absolute Gasteiger partial charge is 0.257 e. The Kier molecular flexibility index (Phi) is 4.40. The molecule has 3 N–H and O–H groups in total. The Balaban J connectivity index is 1.60. The van der Waals surface area contributed by atoms with E-state index in [0.29, 0.717) is 41.2 Å². The number of nitrogen functional groups attached to an aromatic ring is 1. The van der Waals surface area contributed by atoms with Crippen molar-refractivity contribution in [2.45, 2.75) is 25.5 Å². The van der Waals surface area contributed by atoms with Crippen LogP contribution in [0.4, 0.5) is 5.82 Å². The van der Waals surface area contributed by atoms with Crippen molar-refractivity contribution < 1.29 is 13.9 Å². The zero-order valence-corrected chi connectivity index (χ0v) is 15.8. The highest BCUT2D eigenvalue weighted by Gasteiger charge is 2.25. The van der Waals surface area contributed by atoms with Gasteiger partial charge in [0.05, 0.1) is 29.9 Å². The molecule has 1 aliphatic rings. The van der Waals surface area contributed by atoms with Crippen LogP contribution < -0.4 is 11.1 Å². The number of rotatable bonds is 5. The molecule has 1 saturated heterocycles. The summed E-state index contributed by atoms with van der Waals surface area (Å²) in [6.45, 7) is 1.55. The number of para-hydroxylation sites is 2. The number of hydrogen-bond donors (Lipinski definition) is 2. The van der Waals surface area contributed by atoms with E-state index in [1.54, 1.807) is 10.8 Å². The molecule has 0 aliphatic carbocycles. The number of furan rings is 1. The molecule has 0 saturated carbocycles. The lowest BCUT2D eigenvalue weighted by Gasteiger charge is -2.11. The average Bonchev–Trinajstić information content (AvgIpc) is 3.48. The molecule has 1 atom stereocenters. The lowest BCUT2D eigenvalue weighted by molar-refractivity contribution is 0.0859. The van der Waals surface area contributed by atoms with E-state index in [1.807, 2.05) is 36.4 Å². The number of nitrogens with two attached hydrogens (primary N) is 1. The SMILES string of the molecule is Nc1c(C(=O)NC[C@H]2CCCO2)c2nc3ccccc3nc2n1Cc1ccco1. The summed E-state index contributed by atoms with van der Waals surface area (Å²) in [6.07, 6.45) is 3.61. The highest BCUT2D eigenvalue weighted by molar-refractivity contribution is 6.10. The molecular formula is C21H21N5O3. The predicted molar refractivity (Wildman–Crippen MR) is 109 cm³/mol. The molecule has 0 spiro atoms. The summed E-state index contributed by atoms with van der Waals surface area (Å²) in [7, 11) is 0. The molecule has 8 nitrogen and oxygen atoms in total. The fourth-order valence-corrected chi connectivity index (χ4v) is 3.76. The van der Waals surface area contributed by atoms with Crippen molar-refractivity contribution in [1.82, 2.24) is 19.9 Å². The Labute approximate surface area is 166 Å². The second-order valence-electron chi connectivity index (χ2n) is 7.16. The molecule has 4 aromatic rings. The summed E-state index contributed by atoms with van der Waals surface area (Å²) >= 11 is 0. The van der Waals surface area contributed by atoms with E-state index >= 15 is 0 Å². The van der Waals surface area contributed by atoms with Gasteiger partial charge in [-0.05, 0) is 37.1 Å². The first kappa shape index (κ1) is 17.7. The molecule has 5 rings (SSSR count). The van der Waals surface area contributed by atoms with Crippen molar-refractivity contribution in [2.24, 2.45) is 0 Å². The Morgan fingerprint density at radius 2 is 2.03 bits per heavy atom. The molecule has 29 heavy (non-hydrogen) atoms. The van der Waals surface area contributed by atoms with Crippen LogP contribution in [0.3, 0.4) is 0 Å². The minimum atomic E-state index is -0.272. The number of benzene rings is 1. The van der Waals surface area contributed by atoms with Crippen LogP contribution in [-0.4, -0.2) is 39.7 Å². The third-order valence-corrected chi connectivity index (χ3v) is 5.23. The topological polar surface area (TPSA) is 108 Å². The van der Waals surface area contributed by atoms with Crippen molar-refractivity contribution in [3.8, 4) is 0 Å². The van der Waals surface area contributed by atoms with Crippen molar-refractivity contribution in [3.63, 3.8) is 0 Å². The molecule has 1 fully saturated rings. The van der Waals surface area contributed by atoms with Crippen molar-refractivity contribution in [3.05, 3.63) is 54.0 Å². The first-order chi connectivity index (χ1) is 14.2. The highest BCUT2D eigenvalue weighted by Crippen LogP contribution is 2.29. The number of nitrogens with zero attached hydrogens (tertiary/aromatic N) is 3. The Hall–Kier alpha value is -3.39. The maximum atomic E-state index is 13.0. The molecule has 0 bridgehead atoms. The van der Waals surface area contributed by atoms with E-state index in [0.717, 1.165) is 30.7 Å². The third-order valence-electron chi connectivity index (χ3n) is 5.23. The molecule has 1 aliphatic heterocycles. The maximum absolute atomic E-state index is 13.0. The van der Waals surface area contributed by atoms with E-state index in [1.165, 1.54) is 0 Å². The maximum Gasteiger partial charge on any atom is 0.257 e. The van der Waals surface area contributed by atoms with Crippen LogP contribution in [-0.2, 0) is 11.3 Å². The number of hydrogen-bond acceptors (Lipinski definition) is 6.